The molecule has 24 heavy (non-hydrogen) atoms. The highest BCUT2D eigenvalue weighted by Gasteiger charge is 2.21. The van der Waals surface area contributed by atoms with E-state index in [0.717, 1.165) is 30.9 Å². The molecule has 1 aromatic carbocycles. The highest BCUT2D eigenvalue weighted by Crippen LogP contribution is 2.22. The Morgan fingerprint density at radius 2 is 1.46 bits per heavy atom. The number of rotatable bonds is 4. The summed E-state index contributed by atoms with van der Waals surface area (Å²) in [6.07, 6.45) is 1.37. The van der Waals surface area contributed by atoms with Gasteiger partial charge in [0.2, 0.25) is 0 Å². The first-order valence-electron chi connectivity index (χ1n) is 9.04. The lowest BCUT2D eigenvalue weighted by molar-refractivity contribution is 0.134. The maximum absolute atomic E-state index is 4.72. The lowest BCUT2D eigenvalue weighted by atomic mass is 9.91. The second-order valence-corrected chi connectivity index (χ2v) is 7.86. The zero-order chi connectivity index (χ0) is 17.7. The van der Waals surface area contributed by atoms with Gasteiger partial charge in [-0.2, -0.15) is 0 Å². The van der Waals surface area contributed by atoms with Crippen LogP contribution in [0.3, 0.4) is 0 Å². The molecule has 1 aliphatic rings. The van der Waals surface area contributed by atoms with E-state index < -0.39 is 0 Å². The van der Waals surface area contributed by atoms with Crippen molar-refractivity contribution in [3.63, 3.8) is 0 Å². The van der Waals surface area contributed by atoms with Crippen LogP contribution in [0.25, 0.3) is 0 Å². The maximum Gasteiger partial charge on any atom is 0.195 e. The van der Waals surface area contributed by atoms with E-state index in [0.29, 0.717) is 0 Å². The third-order valence-corrected chi connectivity index (χ3v) is 4.58. The van der Waals surface area contributed by atoms with E-state index in [2.05, 4.69) is 43.0 Å². The van der Waals surface area contributed by atoms with E-state index in [-0.39, 0.29) is 0 Å². The van der Waals surface area contributed by atoms with Crippen molar-refractivity contribution in [3.8, 4) is 0 Å². The molecular formula is C20H34N4. The summed E-state index contributed by atoms with van der Waals surface area (Å²) in [4.78, 5) is 11.4. The number of likely N-dealkylation sites (tertiary alicyclic amines) is 1. The minimum absolute atomic E-state index is 0.726. The largest absolute Gasteiger partial charge is 0.349 e. The Hall–Kier alpha value is -1.55. The summed E-state index contributed by atoms with van der Waals surface area (Å²) in [5.74, 6) is 2.63. The number of benzene rings is 1. The Kier molecular flexibility index (Phi) is 6.67. The van der Waals surface area contributed by atoms with Crippen molar-refractivity contribution in [1.82, 2.24) is 14.7 Å². The maximum atomic E-state index is 4.72. The molecule has 1 heterocycles. The highest BCUT2D eigenvalue weighted by atomic mass is 15.3. The number of nitrogens with zero attached hydrogens (tertiary/aromatic N) is 4. The van der Waals surface area contributed by atoms with Gasteiger partial charge in [0.25, 0.3) is 0 Å². The molecule has 4 heteroatoms. The van der Waals surface area contributed by atoms with Gasteiger partial charge in [-0.15, -0.1) is 0 Å². The fourth-order valence-electron chi connectivity index (χ4n) is 3.77. The summed E-state index contributed by atoms with van der Waals surface area (Å²) in [7, 11) is 8.12. The molecule has 0 N–H and O–H groups in total. The van der Waals surface area contributed by atoms with Crippen molar-refractivity contribution in [2.75, 3.05) is 41.3 Å². The Bertz CT molecular complexity index is 513. The van der Waals surface area contributed by atoms with Crippen LogP contribution in [-0.4, -0.2) is 61.9 Å². The Morgan fingerprint density at radius 3 is 1.96 bits per heavy atom. The normalized spacial score (nSPS) is 21.4. The fourth-order valence-corrected chi connectivity index (χ4v) is 3.77. The summed E-state index contributed by atoms with van der Waals surface area (Å²) in [5, 5.41) is 0. The van der Waals surface area contributed by atoms with Gasteiger partial charge in [0.15, 0.2) is 5.96 Å². The van der Waals surface area contributed by atoms with Crippen LogP contribution in [0.5, 0.6) is 0 Å². The summed E-state index contributed by atoms with van der Waals surface area (Å²) < 4.78 is 0. The lowest BCUT2D eigenvalue weighted by Crippen LogP contribution is -2.38. The zero-order valence-electron chi connectivity index (χ0n) is 16.3. The molecule has 0 bridgehead atoms. The third-order valence-electron chi connectivity index (χ3n) is 4.58. The summed E-state index contributed by atoms with van der Waals surface area (Å²) in [5.41, 5.74) is 2.67. The van der Waals surface area contributed by atoms with Crippen LogP contribution in [0.15, 0.2) is 29.3 Å². The number of guanidine groups is 1. The van der Waals surface area contributed by atoms with Crippen LogP contribution in [0.2, 0.25) is 0 Å². The van der Waals surface area contributed by atoms with Crippen LogP contribution in [-0.2, 0) is 13.1 Å². The van der Waals surface area contributed by atoms with Gasteiger partial charge in [0.1, 0.15) is 0 Å². The Morgan fingerprint density at radius 1 is 0.958 bits per heavy atom. The molecule has 2 unspecified atom stereocenters. The van der Waals surface area contributed by atoms with Crippen LogP contribution in [0, 0.1) is 11.8 Å². The molecule has 1 aromatic rings. The molecule has 1 fully saturated rings. The van der Waals surface area contributed by atoms with Crippen molar-refractivity contribution >= 4 is 5.96 Å². The minimum atomic E-state index is 0.726. The van der Waals surface area contributed by atoms with Crippen LogP contribution in [0.1, 0.15) is 31.4 Å². The summed E-state index contributed by atoms with van der Waals surface area (Å²) in [6, 6.07) is 8.97. The van der Waals surface area contributed by atoms with Crippen molar-refractivity contribution in [2.24, 2.45) is 16.8 Å². The van der Waals surface area contributed by atoms with Gasteiger partial charge >= 0.3 is 0 Å². The molecule has 0 saturated carbocycles. The number of hydrogen-bond acceptors (Lipinski definition) is 2. The Labute approximate surface area is 148 Å². The predicted molar refractivity (Wildman–Crippen MR) is 103 cm³/mol. The average Bonchev–Trinajstić information content (AvgIpc) is 2.47. The molecule has 0 amide bonds. The standard InChI is InChI=1S/C20H34N4/c1-16-11-17(2)14-24(13-16)15-19-9-7-18(8-10-19)12-21-20(22(3)4)23(5)6/h7-10,16-17H,11-15H2,1-6H3. The molecule has 2 rings (SSSR count). The van der Waals surface area contributed by atoms with Crippen molar-refractivity contribution < 1.29 is 0 Å². The SMILES string of the molecule is CC1CC(C)CN(Cc2ccc(CN=C(N(C)C)N(C)C)cc2)C1. The molecule has 134 valence electrons. The molecule has 4 nitrogen and oxygen atoms in total. The van der Waals surface area contributed by atoms with Crippen molar-refractivity contribution in [1.29, 1.82) is 0 Å². The van der Waals surface area contributed by atoms with E-state index in [9.17, 15) is 0 Å². The summed E-state index contributed by atoms with van der Waals surface area (Å²) >= 11 is 0. The lowest BCUT2D eigenvalue weighted by Gasteiger charge is -2.35. The van der Waals surface area contributed by atoms with Gasteiger partial charge in [0, 0.05) is 47.8 Å². The van der Waals surface area contributed by atoms with E-state index >= 15 is 0 Å². The average molecular weight is 331 g/mol. The number of aliphatic imine (C=N–C) groups is 1. The quantitative estimate of drug-likeness (QED) is 0.625. The Balaban J connectivity index is 1.94. The second-order valence-electron chi connectivity index (χ2n) is 7.86. The first-order valence-corrected chi connectivity index (χ1v) is 9.04. The number of piperidine rings is 1. The molecule has 2 atom stereocenters. The first-order chi connectivity index (χ1) is 11.3. The second kappa shape index (κ2) is 8.52. The zero-order valence-corrected chi connectivity index (χ0v) is 16.3. The van der Waals surface area contributed by atoms with Crippen LogP contribution in [0.4, 0.5) is 0 Å². The molecule has 0 aromatic heterocycles. The smallest absolute Gasteiger partial charge is 0.195 e. The summed E-state index contributed by atoms with van der Waals surface area (Å²) in [6.45, 7) is 8.99. The molecule has 0 spiro atoms. The molecular weight excluding hydrogens is 296 g/mol. The van der Waals surface area contributed by atoms with E-state index in [4.69, 9.17) is 4.99 Å². The van der Waals surface area contributed by atoms with Gasteiger partial charge in [0.05, 0.1) is 6.54 Å². The van der Waals surface area contributed by atoms with E-state index in [1.54, 1.807) is 0 Å². The highest BCUT2D eigenvalue weighted by molar-refractivity contribution is 5.79. The molecule has 0 radical (unpaired) electrons. The topological polar surface area (TPSA) is 22.1 Å². The third kappa shape index (κ3) is 5.52. The fraction of sp³-hybridized carbons (Fsp3) is 0.650. The van der Waals surface area contributed by atoms with E-state index in [1.807, 2.05) is 38.0 Å². The van der Waals surface area contributed by atoms with Gasteiger partial charge < -0.3 is 9.80 Å². The van der Waals surface area contributed by atoms with Crippen molar-refractivity contribution in [2.45, 2.75) is 33.4 Å². The van der Waals surface area contributed by atoms with Gasteiger partial charge in [-0.05, 0) is 29.4 Å². The van der Waals surface area contributed by atoms with Crippen molar-refractivity contribution in [3.05, 3.63) is 35.4 Å². The minimum Gasteiger partial charge on any atom is -0.349 e. The monoisotopic (exact) mass is 330 g/mol. The van der Waals surface area contributed by atoms with Crippen LogP contribution < -0.4 is 0 Å². The molecule has 0 aliphatic carbocycles. The van der Waals surface area contributed by atoms with Gasteiger partial charge in [-0.1, -0.05) is 38.1 Å². The van der Waals surface area contributed by atoms with Crippen LogP contribution >= 0.6 is 0 Å². The number of hydrogen-bond donors (Lipinski definition) is 0. The van der Waals surface area contributed by atoms with Gasteiger partial charge in [-0.3, -0.25) is 4.90 Å². The molecule has 1 aliphatic heterocycles. The van der Waals surface area contributed by atoms with Gasteiger partial charge in [-0.25, -0.2) is 4.99 Å². The molecule has 1 saturated heterocycles. The predicted octanol–water partition coefficient (Wildman–Crippen LogP) is 3.14. The van der Waals surface area contributed by atoms with E-state index in [1.165, 1.54) is 30.6 Å². The first kappa shape index (κ1) is 18.8.